The third kappa shape index (κ3) is 2.43. The molecule has 0 aromatic rings. The van der Waals surface area contributed by atoms with Gasteiger partial charge < -0.3 is 9.47 Å². The molecule has 0 N–H and O–H groups in total. The number of nitrogens with zero attached hydrogens (tertiary/aromatic N) is 1. The van der Waals surface area contributed by atoms with Crippen molar-refractivity contribution in [2.24, 2.45) is 39.9 Å². The number of fused-ring (bicyclic) bond motifs is 5. The van der Waals surface area contributed by atoms with E-state index >= 15 is 0 Å². The molecule has 6 heteroatoms. The summed E-state index contributed by atoms with van der Waals surface area (Å²) >= 11 is 0. The minimum Gasteiger partial charge on any atom is -0.443 e. The Morgan fingerprint density at radius 2 is 1.86 bits per heavy atom. The predicted octanol–water partition coefficient (Wildman–Crippen LogP) is 4.41. The van der Waals surface area contributed by atoms with Gasteiger partial charge in [-0.25, -0.2) is 4.90 Å². The molecule has 0 aromatic heterocycles. The molecule has 35 heavy (non-hydrogen) atoms. The highest BCUT2D eigenvalue weighted by atomic mass is 16.6. The Balaban J connectivity index is 1.44. The lowest BCUT2D eigenvalue weighted by Gasteiger charge is -2.76. The molecule has 0 amide bonds. The highest BCUT2D eigenvalue weighted by Crippen LogP contribution is 2.77. The molecule has 7 rings (SSSR count). The molecule has 3 aliphatic carbocycles. The van der Waals surface area contributed by atoms with Crippen LogP contribution in [0.4, 0.5) is 0 Å². The lowest BCUT2D eigenvalue weighted by Crippen LogP contribution is -2.82. The summed E-state index contributed by atoms with van der Waals surface area (Å²) < 4.78 is 13.4. The lowest BCUT2D eigenvalue weighted by atomic mass is 9.34. The summed E-state index contributed by atoms with van der Waals surface area (Å²) in [4.78, 5) is 43.1. The van der Waals surface area contributed by atoms with Crippen molar-refractivity contribution in [2.45, 2.75) is 104 Å². The number of carbonyl (C=O) groups excluding carboxylic acids is 3. The molecule has 2 saturated carbocycles. The van der Waals surface area contributed by atoms with Crippen molar-refractivity contribution < 1.29 is 23.9 Å². The van der Waals surface area contributed by atoms with Crippen LogP contribution < -0.4 is 0 Å². The fourth-order valence-corrected chi connectivity index (χ4v) is 11.0. The second kappa shape index (κ2) is 6.48. The number of hydrogen-bond donors (Lipinski definition) is 0. The van der Waals surface area contributed by atoms with Crippen LogP contribution in [0.3, 0.4) is 0 Å². The van der Waals surface area contributed by atoms with Gasteiger partial charge in [-0.15, -0.1) is 0 Å². The molecule has 10 atom stereocenters. The van der Waals surface area contributed by atoms with Gasteiger partial charge in [-0.3, -0.25) is 14.4 Å². The van der Waals surface area contributed by atoms with E-state index in [1.165, 1.54) is 0 Å². The fraction of sp³-hybridized carbons (Fsp3) is 0.828. The zero-order chi connectivity index (χ0) is 24.8. The van der Waals surface area contributed by atoms with E-state index in [0.717, 1.165) is 44.2 Å². The van der Waals surface area contributed by atoms with Crippen LogP contribution >= 0.6 is 0 Å². The Bertz CT molecular complexity index is 1100. The van der Waals surface area contributed by atoms with E-state index in [2.05, 4.69) is 32.6 Å². The van der Waals surface area contributed by atoms with Crippen LogP contribution in [0.2, 0.25) is 0 Å². The first-order valence-electron chi connectivity index (χ1n) is 13.8. The number of Topliss-reactive ketones (excluding diaryl/α,β-unsaturated/α-hetero) is 1. The normalized spacial score (nSPS) is 56.9. The van der Waals surface area contributed by atoms with E-state index in [4.69, 9.17) is 9.47 Å². The van der Waals surface area contributed by atoms with Crippen LogP contribution in [-0.2, 0) is 23.9 Å². The Morgan fingerprint density at radius 3 is 2.63 bits per heavy atom. The van der Waals surface area contributed by atoms with Gasteiger partial charge in [0.15, 0.2) is 11.5 Å². The summed E-state index contributed by atoms with van der Waals surface area (Å²) in [5.74, 6) is 0.300. The van der Waals surface area contributed by atoms with Gasteiger partial charge >= 0.3 is 5.97 Å². The molecule has 0 aromatic carbocycles. The van der Waals surface area contributed by atoms with Crippen molar-refractivity contribution in [1.82, 2.24) is 4.90 Å². The van der Waals surface area contributed by atoms with Crippen LogP contribution in [0.15, 0.2) is 11.6 Å². The average molecular weight is 482 g/mol. The van der Waals surface area contributed by atoms with E-state index in [1.54, 1.807) is 6.08 Å². The monoisotopic (exact) mass is 481 g/mol. The number of allylic oxidation sites excluding steroid dienone is 2. The minimum atomic E-state index is -0.806. The molecule has 1 unspecified atom stereocenters. The van der Waals surface area contributed by atoms with Crippen LogP contribution in [-0.4, -0.2) is 46.5 Å². The highest BCUT2D eigenvalue weighted by molar-refractivity contribution is 5.99. The van der Waals surface area contributed by atoms with Gasteiger partial charge in [-0.05, 0) is 67.8 Å². The summed E-state index contributed by atoms with van der Waals surface area (Å²) in [6.45, 7) is 11.9. The summed E-state index contributed by atoms with van der Waals surface area (Å²) in [6.07, 6.45) is 7.78. The van der Waals surface area contributed by atoms with Crippen LogP contribution in [0.25, 0.3) is 0 Å². The molecule has 7 aliphatic rings. The molecule has 4 aliphatic heterocycles. The maximum absolute atomic E-state index is 14.0. The van der Waals surface area contributed by atoms with Crippen molar-refractivity contribution in [3.63, 3.8) is 0 Å². The Labute approximate surface area is 208 Å². The van der Waals surface area contributed by atoms with Crippen molar-refractivity contribution in [1.29, 1.82) is 0 Å². The first kappa shape index (κ1) is 22.7. The standard InChI is InChI=1S/C29H39NO5/c1-16-9-20-19(21(31)10-16)11-22(32)24-25(20,3)15-29-27(5,26(24,4)13-23(33)35-29)6-7-28-12-17(2)8-18(34-28)14-30(28)29/h10,17-20,24H,6-9,11-15H2,1-5H3/t17-,18+,19?,20+,24-,25-,26+,27-,28-,29+/m0/s1. The van der Waals surface area contributed by atoms with Crippen LogP contribution in [0.1, 0.15) is 86.0 Å². The van der Waals surface area contributed by atoms with Gasteiger partial charge in [0, 0.05) is 36.6 Å². The Kier molecular flexibility index (Phi) is 4.19. The molecule has 6 fully saturated rings. The van der Waals surface area contributed by atoms with Crippen LogP contribution in [0.5, 0.6) is 0 Å². The number of ether oxygens (including phenoxy) is 2. The SMILES string of the molecule is CC1=CC(=O)C2CC(=O)[C@H]3[C@@](C)(C[C@@]45OC(=O)C[C@@]3(C)[C@]4(C)CC[C@]34C[C@@H](C)C[C@H](CN35)O4)[C@@H]2C1. The van der Waals surface area contributed by atoms with Crippen molar-refractivity contribution in [3.8, 4) is 0 Å². The smallest absolute Gasteiger partial charge is 0.308 e. The van der Waals surface area contributed by atoms with Gasteiger partial charge in [-0.1, -0.05) is 33.3 Å². The second-order valence-electron chi connectivity index (χ2n) is 14.1. The molecule has 4 bridgehead atoms. The number of rotatable bonds is 0. The topological polar surface area (TPSA) is 72.9 Å². The third-order valence-electron chi connectivity index (χ3n) is 12.3. The number of ketones is 2. The number of hydrogen-bond acceptors (Lipinski definition) is 6. The maximum Gasteiger partial charge on any atom is 0.308 e. The summed E-state index contributed by atoms with van der Waals surface area (Å²) in [7, 11) is 0. The molecule has 1 spiro atoms. The first-order chi connectivity index (χ1) is 16.4. The zero-order valence-electron chi connectivity index (χ0n) is 21.8. The van der Waals surface area contributed by atoms with E-state index in [9.17, 15) is 14.4 Å². The molecular weight excluding hydrogens is 442 g/mol. The highest BCUT2D eigenvalue weighted by Gasteiger charge is 2.82. The third-order valence-corrected chi connectivity index (χ3v) is 12.3. The number of piperidine rings is 1. The fourth-order valence-electron chi connectivity index (χ4n) is 11.0. The zero-order valence-corrected chi connectivity index (χ0v) is 21.8. The summed E-state index contributed by atoms with van der Waals surface area (Å²) in [6, 6.07) is 0. The first-order valence-corrected chi connectivity index (χ1v) is 13.8. The van der Waals surface area contributed by atoms with Crippen LogP contribution in [0, 0.1) is 39.9 Å². The quantitative estimate of drug-likeness (QED) is 0.477. The van der Waals surface area contributed by atoms with Gasteiger partial charge in [0.25, 0.3) is 0 Å². The second-order valence-corrected chi connectivity index (χ2v) is 14.1. The van der Waals surface area contributed by atoms with E-state index in [0.29, 0.717) is 18.8 Å². The molecule has 6 nitrogen and oxygen atoms in total. The molecule has 4 saturated heterocycles. The Hall–Kier alpha value is -1.53. The summed E-state index contributed by atoms with van der Waals surface area (Å²) in [5.41, 5.74) is -1.36. The van der Waals surface area contributed by atoms with E-state index in [-0.39, 0.29) is 59.0 Å². The molecule has 190 valence electrons. The van der Waals surface area contributed by atoms with E-state index in [1.807, 2.05) is 6.92 Å². The van der Waals surface area contributed by atoms with Gasteiger partial charge in [0.2, 0.25) is 0 Å². The minimum absolute atomic E-state index is 0.0972. The van der Waals surface area contributed by atoms with E-state index < -0.39 is 16.6 Å². The van der Waals surface area contributed by atoms with Gasteiger partial charge in [0.1, 0.15) is 11.5 Å². The number of esters is 1. The van der Waals surface area contributed by atoms with Crippen molar-refractivity contribution in [3.05, 3.63) is 11.6 Å². The lowest BCUT2D eigenvalue weighted by molar-refractivity contribution is -0.379. The predicted molar refractivity (Wildman–Crippen MR) is 128 cm³/mol. The average Bonchev–Trinajstić information content (AvgIpc) is 3.01. The molecule has 4 heterocycles. The maximum atomic E-state index is 14.0. The Morgan fingerprint density at radius 1 is 1.09 bits per heavy atom. The van der Waals surface area contributed by atoms with Crippen molar-refractivity contribution in [2.75, 3.05) is 6.54 Å². The molecular formula is C29H39NO5. The van der Waals surface area contributed by atoms with Gasteiger partial charge in [0.05, 0.1) is 12.5 Å². The summed E-state index contributed by atoms with van der Waals surface area (Å²) in [5, 5.41) is 0. The van der Waals surface area contributed by atoms with Gasteiger partial charge in [-0.2, -0.15) is 0 Å². The number of carbonyl (C=O) groups is 3. The molecule has 0 radical (unpaired) electrons. The largest absolute Gasteiger partial charge is 0.443 e. The van der Waals surface area contributed by atoms with Crippen molar-refractivity contribution >= 4 is 17.5 Å².